The minimum Gasteiger partial charge on any atom is -0.353 e. The van der Waals surface area contributed by atoms with E-state index in [0.717, 1.165) is 18.4 Å². The standard InChI is InChI=1S/C21H23N3O2S2/c25-18(22-16-9-5-2-6-10-16)14-28-21-23-17-11-12-27-19(17)20(26)24(21)13-15-7-3-1-4-8-15/h1,3-4,7-8,11-12,16H,2,5-6,9-10,13-14H2,(H,22,25). The van der Waals surface area contributed by atoms with E-state index in [0.29, 0.717) is 28.0 Å². The molecule has 1 aromatic carbocycles. The highest BCUT2D eigenvalue weighted by Gasteiger charge is 2.18. The third kappa shape index (κ3) is 4.47. The molecule has 0 saturated heterocycles. The van der Waals surface area contributed by atoms with Crippen molar-refractivity contribution in [2.75, 3.05) is 5.75 Å². The van der Waals surface area contributed by atoms with E-state index < -0.39 is 0 Å². The van der Waals surface area contributed by atoms with Crippen LogP contribution in [0.1, 0.15) is 37.7 Å². The van der Waals surface area contributed by atoms with Crippen LogP contribution in [0.5, 0.6) is 0 Å². The van der Waals surface area contributed by atoms with Gasteiger partial charge in [-0.15, -0.1) is 11.3 Å². The molecule has 4 rings (SSSR count). The Morgan fingerprint density at radius 1 is 1.18 bits per heavy atom. The van der Waals surface area contributed by atoms with Crippen molar-refractivity contribution >= 4 is 39.2 Å². The highest BCUT2D eigenvalue weighted by atomic mass is 32.2. The monoisotopic (exact) mass is 413 g/mol. The van der Waals surface area contributed by atoms with E-state index in [1.165, 1.54) is 42.4 Å². The van der Waals surface area contributed by atoms with Gasteiger partial charge in [0.2, 0.25) is 5.91 Å². The molecular weight excluding hydrogens is 390 g/mol. The Bertz CT molecular complexity index is 1010. The quantitative estimate of drug-likeness (QED) is 0.489. The minimum atomic E-state index is -0.0426. The fourth-order valence-corrected chi connectivity index (χ4v) is 5.17. The topological polar surface area (TPSA) is 64.0 Å². The van der Waals surface area contributed by atoms with E-state index >= 15 is 0 Å². The molecule has 146 valence electrons. The first kappa shape index (κ1) is 19.2. The predicted molar refractivity (Wildman–Crippen MR) is 115 cm³/mol. The first-order chi connectivity index (χ1) is 13.7. The van der Waals surface area contributed by atoms with Crippen LogP contribution in [0.4, 0.5) is 0 Å². The summed E-state index contributed by atoms with van der Waals surface area (Å²) in [7, 11) is 0. The lowest BCUT2D eigenvalue weighted by Gasteiger charge is -2.22. The SMILES string of the molecule is O=C(CSc1nc2ccsc2c(=O)n1Cc1ccccc1)NC1CCCCC1. The molecule has 7 heteroatoms. The molecule has 1 aliphatic carbocycles. The summed E-state index contributed by atoms with van der Waals surface area (Å²) in [6.07, 6.45) is 5.76. The molecule has 0 bridgehead atoms. The molecule has 1 saturated carbocycles. The van der Waals surface area contributed by atoms with Gasteiger partial charge < -0.3 is 5.32 Å². The lowest BCUT2D eigenvalue weighted by Crippen LogP contribution is -2.37. The molecular formula is C21H23N3O2S2. The molecule has 3 aromatic rings. The third-order valence-electron chi connectivity index (χ3n) is 5.02. The maximum Gasteiger partial charge on any atom is 0.272 e. The molecule has 0 unspecified atom stereocenters. The average Bonchev–Trinajstić information content (AvgIpc) is 3.19. The summed E-state index contributed by atoms with van der Waals surface area (Å²) < 4.78 is 2.35. The molecule has 0 spiro atoms. The second kappa shape index (κ2) is 8.92. The van der Waals surface area contributed by atoms with E-state index in [9.17, 15) is 9.59 Å². The Labute approximate surface area is 172 Å². The van der Waals surface area contributed by atoms with E-state index in [-0.39, 0.29) is 17.2 Å². The van der Waals surface area contributed by atoms with E-state index in [1.807, 2.05) is 41.8 Å². The maximum absolute atomic E-state index is 13.0. The minimum absolute atomic E-state index is 0.0165. The van der Waals surface area contributed by atoms with Crippen LogP contribution in [0.15, 0.2) is 51.7 Å². The summed E-state index contributed by atoms with van der Waals surface area (Å²) in [5.41, 5.74) is 1.70. The van der Waals surface area contributed by atoms with Gasteiger partial charge >= 0.3 is 0 Å². The number of aromatic nitrogens is 2. The van der Waals surface area contributed by atoms with Crippen molar-refractivity contribution in [3.05, 3.63) is 57.7 Å². The Balaban J connectivity index is 1.54. The van der Waals surface area contributed by atoms with E-state index in [4.69, 9.17) is 0 Å². The largest absolute Gasteiger partial charge is 0.353 e. The average molecular weight is 414 g/mol. The summed E-state index contributed by atoms with van der Waals surface area (Å²) in [4.78, 5) is 30.1. The number of amides is 1. The number of thiophene rings is 1. The molecule has 0 aliphatic heterocycles. The fraction of sp³-hybridized carbons (Fsp3) is 0.381. The van der Waals surface area contributed by atoms with Gasteiger partial charge in [-0.25, -0.2) is 4.98 Å². The smallest absolute Gasteiger partial charge is 0.272 e. The number of fused-ring (bicyclic) bond motifs is 1. The number of hydrogen-bond acceptors (Lipinski definition) is 5. The van der Waals surface area contributed by atoms with Crippen LogP contribution in [0.3, 0.4) is 0 Å². The number of rotatable bonds is 6. The van der Waals surface area contributed by atoms with Crippen molar-refractivity contribution in [1.82, 2.24) is 14.9 Å². The zero-order valence-corrected chi connectivity index (χ0v) is 17.2. The molecule has 1 fully saturated rings. The first-order valence-corrected chi connectivity index (χ1v) is 11.5. The maximum atomic E-state index is 13.0. The Morgan fingerprint density at radius 2 is 1.96 bits per heavy atom. The van der Waals surface area contributed by atoms with Crippen molar-refractivity contribution in [3.8, 4) is 0 Å². The lowest BCUT2D eigenvalue weighted by molar-refractivity contribution is -0.119. The van der Waals surface area contributed by atoms with Crippen LogP contribution >= 0.6 is 23.1 Å². The molecule has 1 N–H and O–H groups in total. The van der Waals surface area contributed by atoms with Crippen LogP contribution in [0.25, 0.3) is 10.2 Å². The van der Waals surface area contributed by atoms with Gasteiger partial charge in [0, 0.05) is 6.04 Å². The number of benzene rings is 1. The summed E-state index contributed by atoms with van der Waals surface area (Å²) >= 11 is 2.75. The molecule has 1 amide bonds. The summed E-state index contributed by atoms with van der Waals surface area (Å²) in [5, 5.41) is 5.61. The number of carbonyl (C=O) groups is 1. The van der Waals surface area contributed by atoms with Crippen LogP contribution < -0.4 is 10.9 Å². The summed E-state index contributed by atoms with van der Waals surface area (Å²) in [5.74, 6) is 0.288. The number of hydrogen-bond donors (Lipinski definition) is 1. The van der Waals surface area contributed by atoms with Crippen LogP contribution in [0.2, 0.25) is 0 Å². The van der Waals surface area contributed by atoms with Gasteiger partial charge in [0.25, 0.3) is 5.56 Å². The first-order valence-electron chi connectivity index (χ1n) is 9.65. The second-order valence-corrected chi connectivity index (χ2v) is 8.96. The van der Waals surface area contributed by atoms with Crippen LogP contribution in [-0.4, -0.2) is 27.3 Å². The van der Waals surface area contributed by atoms with Gasteiger partial charge in [-0.2, -0.15) is 0 Å². The van der Waals surface area contributed by atoms with Crippen molar-refractivity contribution in [2.45, 2.75) is 49.8 Å². The van der Waals surface area contributed by atoms with Crippen molar-refractivity contribution < 1.29 is 4.79 Å². The van der Waals surface area contributed by atoms with Gasteiger partial charge in [0.15, 0.2) is 5.16 Å². The van der Waals surface area contributed by atoms with Gasteiger partial charge in [0.05, 0.1) is 17.8 Å². The zero-order chi connectivity index (χ0) is 19.3. The summed E-state index contributed by atoms with van der Waals surface area (Å²) in [6, 6.07) is 12.0. The van der Waals surface area contributed by atoms with Gasteiger partial charge in [-0.05, 0) is 29.9 Å². The van der Waals surface area contributed by atoms with Crippen LogP contribution in [0, 0.1) is 0 Å². The molecule has 1 aliphatic rings. The van der Waals surface area contributed by atoms with Crippen molar-refractivity contribution in [2.24, 2.45) is 0 Å². The Kier molecular flexibility index (Phi) is 6.12. The molecule has 0 atom stereocenters. The number of nitrogens with zero attached hydrogens (tertiary/aromatic N) is 2. The van der Waals surface area contributed by atoms with Crippen molar-refractivity contribution in [1.29, 1.82) is 0 Å². The number of thioether (sulfide) groups is 1. The molecule has 2 aromatic heterocycles. The van der Waals surface area contributed by atoms with Crippen LogP contribution in [-0.2, 0) is 11.3 Å². The molecule has 0 radical (unpaired) electrons. The van der Waals surface area contributed by atoms with Gasteiger partial charge in [-0.1, -0.05) is 61.4 Å². The zero-order valence-electron chi connectivity index (χ0n) is 15.6. The second-order valence-electron chi connectivity index (χ2n) is 7.10. The molecule has 5 nitrogen and oxygen atoms in total. The van der Waals surface area contributed by atoms with E-state index in [2.05, 4.69) is 10.3 Å². The Morgan fingerprint density at radius 3 is 2.75 bits per heavy atom. The highest BCUT2D eigenvalue weighted by Crippen LogP contribution is 2.22. The number of carbonyl (C=O) groups excluding carboxylic acids is 1. The molecule has 28 heavy (non-hydrogen) atoms. The predicted octanol–water partition coefficient (Wildman–Crippen LogP) is 4.05. The van der Waals surface area contributed by atoms with Crippen molar-refractivity contribution in [3.63, 3.8) is 0 Å². The Hall–Kier alpha value is -2.12. The summed E-state index contributed by atoms with van der Waals surface area (Å²) in [6.45, 7) is 0.451. The third-order valence-corrected chi connectivity index (χ3v) is 6.89. The van der Waals surface area contributed by atoms with E-state index in [1.54, 1.807) is 4.57 Å². The van der Waals surface area contributed by atoms with Gasteiger partial charge in [-0.3, -0.25) is 14.2 Å². The normalized spacial score (nSPS) is 15.0. The number of nitrogens with one attached hydrogen (secondary N) is 1. The lowest BCUT2D eigenvalue weighted by atomic mass is 9.95. The highest BCUT2D eigenvalue weighted by molar-refractivity contribution is 7.99. The van der Waals surface area contributed by atoms with Gasteiger partial charge in [0.1, 0.15) is 4.70 Å². The molecule has 2 heterocycles. The fourth-order valence-electron chi connectivity index (χ4n) is 3.59.